The van der Waals surface area contributed by atoms with Gasteiger partial charge in [0, 0.05) is 21.1 Å². The molecule has 0 fully saturated rings. The SMILES string of the molecule is CCOC(=O)c1c(NC(=O)C(Sc2cccc(NC(=S)Nc3ccccc3)c2)c2ccccc2)sc2c1CCC(C)C2. The van der Waals surface area contributed by atoms with Crippen molar-refractivity contribution in [2.45, 2.75) is 43.3 Å². The fourth-order valence-corrected chi connectivity index (χ4v) is 7.66. The topological polar surface area (TPSA) is 79.5 Å². The van der Waals surface area contributed by atoms with Crippen molar-refractivity contribution in [3.05, 3.63) is 106 Å². The van der Waals surface area contributed by atoms with Crippen LogP contribution in [0, 0.1) is 5.92 Å². The summed E-state index contributed by atoms with van der Waals surface area (Å²) in [5.41, 5.74) is 4.11. The lowest BCUT2D eigenvalue weighted by Crippen LogP contribution is -2.21. The summed E-state index contributed by atoms with van der Waals surface area (Å²) in [5.74, 6) is -0.0234. The van der Waals surface area contributed by atoms with E-state index >= 15 is 0 Å². The van der Waals surface area contributed by atoms with Crippen LogP contribution in [0.3, 0.4) is 0 Å². The van der Waals surface area contributed by atoms with Crippen molar-refractivity contribution < 1.29 is 14.3 Å². The van der Waals surface area contributed by atoms with Crippen LogP contribution in [-0.2, 0) is 22.4 Å². The fraction of sp³-hybridized carbons (Fsp3) is 0.242. The zero-order valence-corrected chi connectivity index (χ0v) is 26.0. The standard InChI is InChI=1S/C33H33N3O3S3/c1-3-39-32(38)28-26-18-17-21(2)19-27(26)42-31(28)36-30(37)29(22-11-6-4-7-12-22)41-25-16-10-15-24(20-25)35-33(40)34-23-13-8-5-9-14-23/h4-16,20-21,29H,3,17-19H2,1-2H3,(H,36,37)(H2,34,35,40). The molecule has 0 saturated heterocycles. The number of benzene rings is 3. The first-order chi connectivity index (χ1) is 20.4. The van der Waals surface area contributed by atoms with Crippen LogP contribution in [0.25, 0.3) is 0 Å². The van der Waals surface area contributed by atoms with Gasteiger partial charge in [-0.2, -0.15) is 0 Å². The molecular formula is C33H33N3O3S3. The van der Waals surface area contributed by atoms with Crippen molar-refractivity contribution in [3.8, 4) is 0 Å². The van der Waals surface area contributed by atoms with Crippen molar-refractivity contribution in [3.63, 3.8) is 0 Å². The molecule has 2 unspecified atom stereocenters. The van der Waals surface area contributed by atoms with Gasteiger partial charge in [0.1, 0.15) is 10.3 Å². The van der Waals surface area contributed by atoms with Crippen LogP contribution >= 0.6 is 35.3 Å². The molecule has 0 radical (unpaired) electrons. The molecule has 1 amide bonds. The van der Waals surface area contributed by atoms with E-state index < -0.39 is 5.25 Å². The van der Waals surface area contributed by atoms with Gasteiger partial charge in [-0.3, -0.25) is 4.79 Å². The number of thiocarbonyl (C=S) groups is 1. The summed E-state index contributed by atoms with van der Waals surface area (Å²) in [6, 6.07) is 27.2. The number of esters is 1. The van der Waals surface area contributed by atoms with Gasteiger partial charge >= 0.3 is 5.97 Å². The Hall–Kier alpha value is -3.66. The first-order valence-corrected chi connectivity index (χ1v) is 16.1. The van der Waals surface area contributed by atoms with Crippen LogP contribution in [0.2, 0.25) is 0 Å². The normalized spacial score (nSPS) is 14.8. The summed E-state index contributed by atoms with van der Waals surface area (Å²) < 4.78 is 5.41. The highest BCUT2D eigenvalue weighted by atomic mass is 32.2. The smallest absolute Gasteiger partial charge is 0.341 e. The maximum Gasteiger partial charge on any atom is 0.341 e. The van der Waals surface area contributed by atoms with E-state index in [0.717, 1.165) is 51.5 Å². The Morgan fingerprint density at radius 1 is 0.976 bits per heavy atom. The van der Waals surface area contributed by atoms with E-state index in [1.54, 1.807) is 6.92 Å². The molecule has 1 heterocycles. The molecule has 1 aliphatic rings. The van der Waals surface area contributed by atoms with Gasteiger partial charge in [0.15, 0.2) is 5.11 Å². The Balaban J connectivity index is 1.38. The molecule has 1 aromatic heterocycles. The number of ether oxygens (including phenoxy) is 1. The van der Waals surface area contributed by atoms with Gasteiger partial charge in [-0.05, 0) is 85.8 Å². The number of amides is 1. The quantitative estimate of drug-likeness (QED) is 0.0992. The maximum atomic E-state index is 14.0. The molecule has 0 saturated carbocycles. The summed E-state index contributed by atoms with van der Waals surface area (Å²) in [7, 11) is 0. The number of thiophene rings is 1. The van der Waals surface area contributed by atoms with E-state index in [4.69, 9.17) is 17.0 Å². The van der Waals surface area contributed by atoms with Crippen molar-refractivity contribution in [2.75, 3.05) is 22.6 Å². The molecule has 3 aromatic carbocycles. The molecule has 0 bridgehead atoms. The highest BCUT2D eigenvalue weighted by Gasteiger charge is 2.31. The second kappa shape index (κ2) is 14.0. The monoisotopic (exact) mass is 615 g/mol. The van der Waals surface area contributed by atoms with E-state index in [1.165, 1.54) is 23.1 Å². The summed E-state index contributed by atoms with van der Waals surface area (Å²) in [5, 5.41) is 10.0. The molecule has 0 aliphatic heterocycles. The average Bonchev–Trinajstić information content (AvgIpc) is 3.33. The van der Waals surface area contributed by atoms with Crippen LogP contribution in [-0.4, -0.2) is 23.6 Å². The Morgan fingerprint density at radius 3 is 2.40 bits per heavy atom. The predicted molar refractivity (Wildman–Crippen MR) is 178 cm³/mol. The van der Waals surface area contributed by atoms with Gasteiger partial charge in [0.2, 0.25) is 5.91 Å². The highest BCUT2D eigenvalue weighted by Crippen LogP contribution is 2.42. The zero-order chi connectivity index (χ0) is 29.5. The number of carbonyl (C=O) groups excluding carboxylic acids is 2. The molecule has 3 N–H and O–H groups in total. The molecule has 9 heteroatoms. The minimum Gasteiger partial charge on any atom is -0.462 e. The van der Waals surface area contributed by atoms with Crippen LogP contribution in [0.1, 0.15) is 51.9 Å². The number of rotatable bonds is 9. The Labute approximate surface area is 260 Å². The number of hydrogen-bond acceptors (Lipinski definition) is 6. The summed E-state index contributed by atoms with van der Waals surface area (Å²) in [6.45, 7) is 4.30. The van der Waals surface area contributed by atoms with Gasteiger partial charge in [-0.1, -0.05) is 61.5 Å². The van der Waals surface area contributed by atoms with E-state index in [0.29, 0.717) is 21.6 Å². The lowest BCUT2D eigenvalue weighted by Gasteiger charge is -2.19. The molecule has 42 heavy (non-hydrogen) atoms. The predicted octanol–water partition coefficient (Wildman–Crippen LogP) is 8.33. The van der Waals surface area contributed by atoms with Crippen molar-refractivity contribution in [1.82, 2.24) is 0 Å². The maximum absolute atomic E-state index is 14.0. The summed E-state index contributed by atoms with van der Waals surface area (Å²) in [6.07, 6.45) is 2.73. The lowest BCUT2D eigenvalue weighted by atomic mass is 9.88. The van der Waals surface area contributed by atoms with Crippen LogP contribution in [0.4, 0.5) is 16.4 Å². The Kier molecular flexibility index (Phi) is 9.94. The number of para-hydroxylation sites is 1. The van der Waals surface area contributed by atoms with E-state index in [2.05, 4.69) is 22.9 Å². The number of anilines is 3. The summed E-state index contributed by atoms with van der Waals surface area (Å²) in [4.78, 5) is 29.1. The van der Waals surface area contributed by atoms with E-state index in [-0.39, 0.29) is 18.5 Å². The molecule has 1 aliphatic carbocycles. The van der Waals surface area contributed by atoms with Gasteiger partial charge in [0.05, 0.1) is 12.2 Å². The fourth-order valence-electron chi connectivity index (χ4n) is 4.93. The molecule has 216 valence electrons. The molecular weight excluding hydrogens is 583 g/mol. The first kappa shape index (κ1) is 29.8. The van der Waals surface area contributed by atoms with Gasteiger partial charge < -0.3 is 20.7 Å². The van der Waals surface area contributed by atoms with E-state index in [9.17, 15) is 9.59 Å². The van der Waals surface area contributed by atoms with Crippen LogP contribution < -0.4 is 16.0 Å². The number of carbonyl (C=O) groups is 2. The summed E-state index contributed by atoms with van der Waals surface area (Å²) >= 11 is 8.46. The van der Waals surface area contributed by atoms with Crippen LogP contribution in [0.15, 0.2) is 89.8 Å². The second-order valence-electron chi connectivity index (χ2n) is 10.1. The van der Waals surface area contributed by atoms with Gasteiger partial charge in [-0.25, -0.2) is 4.79 Å². The Bertz CT molecular complexity index is 1560. The number of fused-ring (bicyclic) bond motifs is 1. The van der Waals surface area contributed by atoms with Gasteiger partial charge in [0.25, 0.3) is 0 Å². The van der Waals surface area contributed by atoms with Crippen molar-refractivity contribution >= 4 is 68.7 Å². The Morgan fingerprint density at radius 2 is 1.67 bits per heavy atom. The average molecular weight is 616 g/mol. The minimum atomic E-state index is -0.552. The molecule has 0 spiro atoms. The number of nitrogens with one attached hydrogen (secondary N) is 3. The van der Waals surface area contributed by atoms with Crippen molar-refractivity contribution in [1.29, 1.82) is 0 Å². The molecule has 4 aromatic rings. The largest absolute Gasteiger partial charge is 0.462 e. The van der Waals surface area contributed by atoms with Crippen molar-refractivity contribution in [2.24, 2.45) is 5.92 Å². The molecule has 5 rings (SSSR count). The molecule has 6 nitrogen and oxygen atoms in total. The lowest BCUT2D eigenvalue weighted by molar-refractivity contribution is -0.115. The van der Waals surface area contributed by atoms with Crippen LogP contribution in [0.5, 0.6) is 0 Å². The highest BCUT2D eigenvalue weighted by molar-refractivity contribution is 8.00. The number of hydrogen-bond donors (Lipinski definition) is 3. The third kappa shape index (κ3) is 7.40. The minimum absolute atomic E-state index is 0.192. The zero-order valence-electron chi connectivity index (χ0n) is 23.5. The van der Waals surface area contributed by atoms with E-state index in [1.807, 2.05) is 84.9 Å². The van der Waals surface area contributed by atoms with Gasteiger partial charge in [-0.15, -0.1) is 23.1 Å². The third-order valence-electron chi connectivity index (χ3n) is 6.95. The third-order valence-corrected chi connectivity index (χ3v) is 9.57. The number of thioether (sulfide) groups is 1. The first-order valence-electron chi connectivity index (χ1n) is 14.0. The second-order valence-corrected chi connectivity index (χ2v) is 12.8. The molecule has 2 atom stereocenters.